The number of hydrogen-bond acceptors (Lipinski definition) is 4. The fourth-order valence-electron chi connectivity index (χ4n) is 1.79. The van der Waals surface area contributed by atoms with E-state index in [1.807, 2.05) is 32.0 Å². The molecule has 0 fully saturated rings. The number of anilines is 1. The number of aryl methyl sites for hydroxylation is 1. The fraction of sp³-hybridized carbons (Fsp3) is 0.385. The van der Waals surface area contributed by atoms with Gasteiger partial charge in [-0.3, -0.25) is 0 Å². The van der Waals surface area contributed by atoms with E-state index >= 15 is 0 Å². The van der Waals surface area contributed by atoms with Crippen molar-refractivity contribution in [1.82, 2.24) is 4.98 Å². The molecule has 2 aromatic rings. The Morgan fingerprint density at radius 2 is 2.33 bits per heavy atom. The zero-order valence-corrected chi connectivity index (χ0v) is 10.4. The maximum absolute atomic E-state index is 11.0. The Bertz CT molecular complexity index is 562. The van der Waals surface area contributed by atoms with Crippen LogP contribution in [0.1, 0.15) is 25.3 Å². The van der Waals surface area contributed by atoms with Gasteiger partial charge in [-0.15, -0.1) is 0 Å². The average molecular weight is 248 g/mol. The number of carboxylic acids is 1. The monoisotopic (exact) mass is 248 g/mol. The van der Waals surface area contributed by atoms with Crippen molar-refractivity contribution in [2.75, 3.05) is 5.32 Å². The topological polar surface area (TPSA) is 75.4 Å². The van der Waals surface area contributed by atoms with E-state index in [1.165, 1.54) is 0 Å². The third-order valence-corrected chi connectivity index (χ3v) is 2.72. The molecule has 1 aromatic heterocycles. The molecule has 0 aliphatic heterocycles. The summed E-state index contributed by atoms with van der Waals surface area (Å²) in [7, 11) is 0. The van der Waals surface area contributed by atoms with Crippen LogP contribution in [0.4, 0.5) is 6.01 Å². The molecule has 2 N–H and O–H groups in total. The second-order valence-electron chi connectivity index (χ2n) is 4.31. The average Bonchev–Trinajstić information content (AvgIpc) is 2.69. The largest absolute Gasteiger partial charge is 0.480 e. The molecule has 0 spiro atoms. The van der Waals surface area contributed by atoms with Crippen molar-refractivity contribution in [2.24, 2.45) is 0 Å². The van der Waals surface area contributed by atoms with Crippen LogP contribution in [0.2, 0.25) is 0 Å². The number of fused-ring (bicyclic) bond motifs is 1. The van der Waals surface area contributed by atoms with Gasteiger partial charge in [0.25, 0.3) is 6.01 Å². The standard InChI is InChI=1S/C13H16N2O3/c1-3-4-9(12(16)17)14-13-15-10-7-8(2)5-6-11(10)18-13/h5-7,9H,3-4H2,1-2H3,(H,14,15)(H,16,17). The fourth-order valence-corrected chi connectivity index (χ4v) is 1.79. The first-order chi connectivity index (χ1) is 8.60. The van der Waals surface area contributed by atoms with Crippen LogP contribution < -0.4 is 5.32 Å². The smallest absolute Gasteiger partial charge is 0.326 e. The van der Waals surface area contributed by atoms with Gasteiger partial charge in [-0.25, -0.2) is 4.79 Å². The lowest BCUT2D eigenvalue weighted by molar-refractivity contribution is -0.138. The molecule has 0 amide bonds. The summed E-state index contributed by atoms with van der Waals surface area (Å²) in [6.07, 6.45) is 1.32. The minimum absolute atomic E-state index is 0.261. The Labute approximate surface area is 105 Å². The molecule has 5 heteroatoms. The summed E-state index contributed by atoms with van der Waals surface area (Å²) in [5.41, 5.74) is 2.48. The molecule has 1 atom stereocenters. The summed E-state index contributed by atoms with van der Waals surface area (Å²) in [6.45, 7) is 3.91. The number of hydrogen-bond donors (Lipinski definition) is 2. The van der Waals surface area contributed by atoms with Gasteiger partial charge in [-0.1, -0.05) is 19.4 Å². The third kappa shape index (κ3) is 2.61. The Balaban J connectivity index is 2.22. The number of rotatable bonds is 5. The molecule has 1 unspecified atom stereocenters. The number of nitrogens with zero attached hydrogens (tertiary/aromatic N) is 1. The van der Waals surface area contributed by atoms with E-state index < -0.39 is 12.0 Å². The molecule has 2 rings (SSSR count). The normalized spacial score (nSPS) is 12.6. The van der Waals surface area contributed by atoms with Gasteiger partial charge in [0, 0.05) is 0 Å². The van der Waals surface area contributed by atoms with Gasteiger partial charge in [0.1, 0.15) is 11.6 Å². The van der Waals surface area contributed by atoms with Crippen LogP contribution in [0.5, 0.6) is 0 Å². The molecule has 96 valence electrons. The highest BCUT2D eigenvalue weighted by molar-refractivity contribution is 5.78. The second kappa shape index (κ2) is 5.08. The summed E-state index contributed by atoms with van der Waals surface area (Å²) in [5, 5.41) is 11.9. The summed E-state index contributed by atoms with van der Waals surface area (Å²) >= 11 is 0. The number of oxazole rings is 1. The van der Waals surface area contributed by atoms with E-state index in [9.17, 15) is 4.79 Å². The van der Waals surface area contributed by atoms with Crippen molar-refractivity contribution in [3.05, 3.63) is 23.8 Å². The molecule has 0 saturated heterocycles. The predicted octanol–water partition coefficient (Wildman–Crippen LogP) is 2.80. The van der Waals surface area contributed by atoms with Gasteiger partial charge < -0.3 is 14.8 Å². The number of carbonyl (C=O) groups is 1. The van der Waals surface area contributed by atoms with Gasteiger partial charge >= 0.3 is 5.97 Å². The molecule has 0 saturated carbocycles. The maximum Gasteiger partial charge on any atom is 0.326 e. The van der Waals surface area contributed by atoms with Crippen molar-refractivity contribution in [3.63, 3.8) is 0 Å². The SMILES string of the molecule is CCCC(Nc1nc2cc(C)ccc2o1)C(=O)O. The molecular weight excluding hydrogens is 232 g/mol. The van der Waals surface area contributed by atoms with Crippen LogP contribution in [0.15, 0.2) is 22.6 Å². The Morgan fingerprint density at radius 1 is 1.56 bits per heavy atom. The molecule has 1 heterocycles. The highest BCUT2D eigenvalue weighted by atomic mass is 16.4. The van der Waals surface area contributed by atoms with Crippen LogP contribution in [-0.4, -0.2) is 22.1 Å². The number of aromatic nitrogens is 1. The van der Waals surface area contributed by atoms with E-state index in [1.54, 1.807) is 0 Å². The van der Waals surface area contributed by atoms with Crippen LogP contribution in [0.25, 0.3) is 11.1 Å². The molecule has 0 aliphatic carbocycles. The minimum atomic E-state index is -0.893. The minimum Gasteiger partial charge on any atom is -0.480 e. The molecule has 0 bridgehead atoms. The van der Waals surface area contributed by atoms with Crippen molar-refractivity contribution in [1.29, 1.82) is 0 Å². The predicted molar refractivity (Wildman–Crippen MR) is 68.7 cm³/mol. The van der Waals surface area contributed by atoms with Crippen LogP contribution in [0.3, 0.4) is 0 Å². The highest BCUT2D eigenvalue weighted by Gasteiger charge is 2.18. The van der Waals surface area contributed by atoms with Crippen LogP contribution >= 0.6 is 0 Å². The number of carboxylic acid groups (broad SMARTS) is 1. The van der Waals surface area contributed by atoms with Crippen molar-refractivity contribution < 1.29 is 14.3 Å². The number of benzene rings is 1. The molecule has 0 aliphatic rings. The lowest BCUT2D eigenvalue weighted by Crippen LogP contribution is -2.29. The van der Waals surface area contributed by atoms with Gasteiger partial charge in [0.05, 0.1) is 0 Å². The Hall–Kier alpha value is -2.04. The Morgan fingerprint density at radius 3 is 3.00 bits per heavy atom. The van der Waals surface area contributed by atoms with Crippen molar-refractivity contribution >= 4 is 23.1 Å². The summed E-state index contributed by atoms with van der Waals surface area (Å²) in [6, 6.07) is 5.26. The zero-order chi connectivity index (χ0) is 13.1. The number of aliphatic carboxylic acids is 1. The van der Waals surface area contributed by atoms with Crippen molar-refractivity contribution in [2.45, 2.75) is 32.7 Å². The second-order valence-corrected chi connectivity index (χ2v) is 4.31. The lowest BCUT2D eigenvalue weighted by atomic mass is 10.2. The highest BCUT2D eigenvalue weighted by Crippen LogP contribution is 2.20. The molecular formula is C13H16N2O3. The molecule has 0 radical (unpaired) electrons. The number of nitrogens with one attached hydrogen (secondary N) is 1. The van der Waals surface area contributed by atoms with Gasteiger partial charge in [0.15, 0.2) is 5.58 Å². The van der Waals surface area contributed by atoms with E-state index in [2.05, 4.69) is 10.3 Å². The quantitative estimate of drug-likeness (QED) is 0.851. The Kier molecular flexibility index (Phi) is 3.50. The maximum atomic E-state index is 11.0. The summed E-state index contributed by atoms with van der Waals surface area (Å²) in [4.78, 5) is 15.3. The first kappa shape index (κ1) is 12.4. The van der Waals surface area contributed by atoms with Gasteiger partial charge in [0.2, 0.25) is 0 Å². The first-order valence-electron chi connectivity index (χ1n) is 5.96. The zero-order valence-electron chi connectivity index (χ0n) is 10.4. The summed E-state index contributed by atoms with van der Waals surface area (Å²) in [5.74, 6) is -0.893. The van der Waals surface area contributed by atoms with Crippen LogP contribution in [0, 0.1) is 6.92 Å². The first-order valence-corrected chi connectivity index (χ1v) is 5.96. The van der Waals surface area contributed by atoms with E-state index in [0.29, 0.717) is 12.0 Å². The lowest BCUT2D eigenvalue weighted by Gasteiger charge is -2.10. The molecule has 18 heavy (non-hydrogen) atoms. The third-order valence-electron chi connectivity index (χ3n) is 2.72. The van der Waals surface area contributed by atoms with E-state index in [4.69, 9.17) is 9.52 Å². The molecule has 1 aromatic carbocycles. The van der Waals surface area contributed by atoms with Gasteiger partial charge in [-0.2, -0.15) is 4.98 Å². The summed E-state index contributed by atoms with van der Waals surface area (Å²) < 4.78 is 5.46. The van der Waals surface area contributed by atoms with Crippen molar-refractivity contribution in [3.8, 4) is 0 Å². The van der Waals surface area contributed by atoms with E-state index in [0.717, 1.165) is 17.5 Å². The van der Waals surface area contributed by atoms with E-state index in [-0.39, 0.29) is 6.01 Å². The van der Waals surface area contributed by atoms with Crippen LogP contribution in [-0.2, 0) is 4.79 Å². The van der Waals surface area contributed by atoms with Gasteiger partial charge in [-0.05, 0) is 31.0 Å². The molecule has 5 nitrogen and oxygen atoms in total.